The van der Waals surface area contributed by atoms with E-state index in [1.807, 2.05) is 22.7 Å². The highest BCUT2D eigenvalue weighted by molar-refractivity contribution is 7.99. The van der Waals surface area contributed by atoms with Gasteiger partial charge in [-0.2, -0.15) is 5.10 Å². The molecule has 33 heavy (non-hydrogen) atoms. The van der Waals surface area contributed by atoms with Crippen LogP contribution in [0.25, 0.3) is 5.69 Å². The summed E-state index contributed by atoms with van der Waals surface area (Å²) in [6.07, 6.45) is 4.44. The van der Waals surface area contributed by atoms with Gasteiger partial charge in [0.05, 0.1) is 23.3 Å². The van der Waals surface area contributed by atoms with E-state index in [2.05, 4.69) is 51.7 Å². The van der Waals surface area contributed by atoms with Crippen LogP contribution in [-0.2, 0) is 4.79 Å². The SMILES string of the molecule is Cc1cc(N2CCN([C@H]3CC[C@@H]([C@H](N)C(=O)N4CCSC4)CC3)CC2)n(-c2ccccc2)n1. The molecule has 3 aliphatic rings. The molecule has 0 unspecified atom stereocenters. The monoisotopic (exact) mass is 468 g/mol. The molecule has 1 atom stereocenters. The highest BCUT2D eigenvalue weighted by atomic mass is 32.2. The van der Waals surface area contributed by atoms with Gasteiger partial charge in [0, 0.05) is 50.6 Å². The number of amides is 1. The molecule has 5 rings (SSSR count). The third kappa shape index (κ3) is 4.93. The van der Waals surface area contributed by atoms with Crippen molar-refractivity contribution in [1.82, 2.24) is 19.6 Å². The zero-order valence-corrected chi connectivity index (χ0v) is 20.4. The molecule has 1 saturated carbocycles. The molecule has 178 valence electrons. The standard InChI is InChI=1S/C25H36N6OS/c1-19-17-23(31(27-19)22-5-3-2-4-6-22)29-13-11-28(12-14-29)21-9-7-20(8-10-21)24(26)25(32)30-15-16-33-18-30/h2-6,17,20-21,24H,7-16,18,26H2,1H3/t20-,21+,24-/m0/s1. The van der Waals surface area contributed by atoms with Gasteiger partial charge in [-0.3, -0.25) is 9.69 Å². The van der Waals surface area contributed by atoms with Crippen LogP contribution in [-0.4, -0.2) is 81.9 Å². The van der Waals surface area contributed by atoms with Crippen molar-refractivity contribution < 1.29 is 4.79 Å². The van der Waals surface area contributed by atoms with Gasteiger partial charge in [0.1, 0.15) is 5.82 Å². The van der Waals surface area contributed by atoms with Gasteiger partial charge >= 0.3 is 0 Å². The molecule has 1 aromatic carbocycles. The first-order valence-electron chi connectivity index (χ1n) is 12.3. The number of benzene rings is 1. The topological polar surface area (TPSA) is 70.6 Å². The number of thioether (sulfide) groups is 1. The second kappa shape index (κ2) is 10.1. The number of aryl methyl sites for hydroxylation is 1. The molecule has 8 heteroatoms. The molecule has 1 aromatic heterocycles. The van der Waals surface area contributed by atoms with Crippen LogP contribution in [0.2, 0.25) is 0 Å². The van der Waals surface area contributed by atoms with Crippen LogP contribution in [0.3, 0.4) is 0 Å². The first-order chi connectivity index (χ1) is 16.1. The number of hydrogen-bond donors (Lipinski definition) is 1. The normalized spacial score (nSPS) is 25.4. The van der Waals surface area contributed by atoms with E-state index < -0.39 is 0 Å². The Kier molecular flexibility index (Phi) is 6.94. The largest absolute Gasteiger partial charge is 0.354 e. The Morgan fingerprint density at radius 1 is 1.06 bits per heavy atom. The van der Waals surface area contributed by atoms with Gasteiger partial charge < -0.3 is 15.5 Å². The summed E-state index contributed by atoms with van der Waals surface area (Å²) in [6, 6.07) is 12.9. The summed E-state index contributed by atoms with van der Waals surface area (Å²) in [7, 11) is 0. The van der Waals surface area contributed by atoms with Gasteiger partial charge in [-0.15, -0.1) is 11.8 Å². The molecule has 1 amide bonds. The fourth-order valence-corrected chi connectivity index (χ4v) is 6.57. The molecule has 2 aromatic rings. The van der Waals surface area contributed by atoms with E-state index in [-0.39, 0.29) is 11.9 Å². The molecule has 7 nitrogen and oxygen atoms in total. The van der Waals surface area contributed by atoms with Crippen LogP contribution in [0.1, 0.15) is 31.4 Å². The molecule has 1 aliphatic carbocycles. The van der Waals surface area contributed by atoms with Crippen LogP contribution in [0, 0.1) is 12.8 Å². The number of nitrogens with two attached hydrogens (primary N) is 1. The molecule has 0 bridgehead atoms. The quantitative estimate of drug-likeness (QED) is 0.728. The average molecular weight is 469 g/mol. The first-order valence-corrected chi connectivity index (χ1v) is 13.5. The molecule has 2 saturated heterocycles. The number of hydrogen-bond acceptors (Lipinski definition) is 6. The van der Waals surface area contributed by atoms with E-state index in [1.165, 1.54) is 5.82 Å². The minimum absolute atomic E-state index is 0.169. The number of piperazine rings is 1. The zero-order chi connectivity index (χ0) is 22.8. The van der Waals surface area contributed by atoms with Crippen molar-refractivity contribution in [2.24, 2.45) is 11.7 Å². The number of anilines is 1. The Bertz CT molecular complexity index is 928. The number of rotatable bonds is 5. The Morgan fingerprint density at radius 2 is 1.79 bits per heavy atom. The number of para-hydroxylation sites is 1. The van der Waals surface area contributed by atoms with E-state index >= 15 is 0 Å². The fourth-order valence-electron chi connectivity index (χ4n) is 5.61. The molecular weight excluding hydrogens is 432 g/mol. The van der Waals surface area contributed by atoms with E-state index in [0.717, 1.165) is 81.4 Å². The average Bonchev–Trinajstić information content (AvgIpc) is 3.54. The second-order valence-corrected chi connectivity index (χ2v) is 10.7. The third-order valence-corrected chi connectivity index (χ3v) is 8.53. The highest BCUT2D eigenvalue weighted by Crippen LogP contribution is 2.32. The van der Waals surface area contributed by atoms with E-state index in [9.17, 15) is 4.79 Å². The van der Waals surface area contributed by atoms with Crippen molar-refractivity contribution in [2.45, 2.75) is 44.7 Å². The molecule has 3 heterocycles. The predicted octanol–water partition coefficient (Wildman–Crippen LogP) is 2.72. The first kappa shape index (κ1) is 22.7. The summed E-state index contributed by atoms with van der Waals surface area (Å²) < 4.78 is 2.08. The molecule has 2 aliphatic heterocycles. The summed E-state index contributed by atoms with van der Waals surface area (Å²) in [5.41, 5.74) is 8.57. The molecule has 3 fully saturated rings. The van der Waals surface area contributed by atoms with Crippen molar-refractivity contribution in [3.63, 3.8) is 0 Å². The lowest BCUT2D eigenvalue weighted by Gasteiger charge is -2.43. The number of carbonyl (C=O) groups excluding carboxylic acids is 1. The highest BCUT2D eigenvalue weighted by Gasteiger charge is 2.35. The molecule has 0 radical (unpaired) electrons. The van der Waals surface area contributed by atoms with Crippen molar-refractivity contribution in [2.75, 3.05) is 49.3 Å². The summed E-state index contributed by atoms with van der Waals surface area (Å²) in [4.78, 5) is 19.8. The Labute approximate surface area is 201 Å². The van der Waals surface area contributed by atoms with Crippen LogP contribution < -0.4 is 10.6 Å². The fraction of sp³-hybridized carbons (Fsp3) is 0.600. The van der Waals surface area contributed by atoms with Crippen LogP contribution in [0.15, 0.2) is 36.4 Å². The minimum Gasteiger partial charge on any atom is -0.354 e. The van der Waals surface area contributed by atoms with Gasteiger partial charge in [-0.25, -0.2) is 4.68 Å². The maximum atomic E-state index is 12.7. The lowest BCUT2D eigenvalue weighted by atomic mass is 9.80. The molecule has 2 N–H and O–H groups in total. The van der Waals surface area contributed by atoms with E-state index in [0.29, 0.717) is 12.0 Å². The van der Waals surface area contributed by atoms with Gasteiger partial charge in [-0.1, -0.05) is 18.2 Å². The Morgan fingerprint density at radius 3 is 2.45 bits per heavy atom. The van der Waals surface area contributed by atoms with Crippen LogP contribution in [0.5, 0.6) is 0 Å². The maximum Gasteiger partial charge on any atom is 0.240 e. The summed E-state index contributed by atoms with van der Waals surface area (Å²) in [5.74, 6) is 3.55. The van der Waals surface area contributed by atoms with Crippen LogP contribution in [0.4, 0.5) is 5.82 Å². The number of aromatic nitrogens is 2. The predicted molar refractivity (Wildman–Crippen MR) is 135 cm³/mol. The summed E-state index contributed by atoms with van der Waals surface area (Å²) in [5, 5.41) is 4.75. The molecular formula is C25H36N6OS. The van der Waals surface area contributed by atoms with Crippen molar-refractivity contribution in [3.8, 4) is 5.69 Å². The van der Waals surface area contributed by atoms with E-state index in [1.54, 1.807) is 0 Å². The maximum absolute atomic E-state index is 12.7. The smallest absolute Gasteiger partial charge is 0.240 e. The molecule has 0 spiro atoms. The van der Waals surface area contributed by atoms with Gasteiger partial charge in [0.15, 0.2) is 0 Å². The lowest BCUT2D eigenvalue weighted by molar-refractivity contribution is -0.132. The van der Waals surface area contributed by atoms with Crippen LogP contribution >= 0.6 is 11.8 Å². The Hall–Kier alpha value is -2.03. The van der Waals surface area contributed by atoms with Crippen molar-refractivity contribution >= 4 is 23.5 Å². The van der Waals surface area contributed by atoms with Gasteiger partial charge in [0.25, 0.3) is 0 Å². The van der Waals surface area contributed by atoms with Gasteiger partial charge in [-0.05, 0) is 50.7 Å². The van der Waals surface area contributed by atoms with E-state index in [4.69, 9.17) is 10.8 Å². The zero-order valence-electron chi connectivity index (χ0n) is 19.6. The second-order valence-electron chi connectivity index (χ2n) is 9.65. The Balaban J connectivity index is 1.14. The number of nitrogens with zero attached hydrogens (tertiary/aromatic N) is 5. The summed E-state index contributed by atoms with van der Waals surface area (Å²) >= 11 is 1.83. The third-order valence-electron chi connectivity index (χ3n) is 7.57. The minimum atomic E-state index is -0.317. The van der Waals surface area contributed by atoms with Gasteiger partial charge in [0.2, 0.25) is 5.91 Å². The lowest BCUT2D eigenvalue weighted by Crippen LogP contribution is -2.53. The van der Waals surface area contributed by atoms with Crippen molar-refractivity contribution in [3.05, 3.63) is 42.1 Å². The van der Waals surface area contributed by atoms with Crippen molar-refractivity contribution in [1.29, 1.82) is 0 Å². The number of carbonyl (C=O) groups is 1. The summed E-state index contributed by atoms with van der Waals surface area (Å²) in [6.45, 7) is 7.11.